The molecule has 37 heavy (non-hydrogen) atoms. The second-order valence-electron chi connectivity index (χ2n) is 9.56. The molecule has 180 valence electrons. The molecule has 0 saturated heterocycles. The van der Waals surface area contributed by atoms with Gasteiger partial charge >= 0.3 is 6.18 Å². The maximum Gasteiger partial charge on any atom is 0.416 e. The Hall–Kier alpha value is -4.51. The standard InChI is InChI=1S/C32H21F3N2/c1-19-6-14-30-26(16-19)27-18-22(32(33,34)35)10-15-31(27)37(30)23-11-7-20(8-12-23)21-9-13-29-25(17-21)24-4-2-3-5-28(24)36-29/h2-18,36H,1H3. The zero-order valence-corrected chi connectivity index (χ0v) is 19.9. The second kappa shape index (κ2) is 7.74. The fourth-order valence-electron chi connectivity index (χ4n) is 5.42. The Labute approximate surface area is 210 Å². The molecule has 0 aliphatic rings. The van der Waals surface area contributed by atoms with Crippen LogP contribution in [-0.4, -0.2) is 9.55 Å². The number of fused-ring (bicyclic) bond motifs is 6. The second-order valence-corrected chi connectivity index (χ2v) is 9.56. The van der Waals surface area contributed by atoms with Crippen LogP contribution < -0.4 is 0 Å². The highest BCUT2D eigenvalue weighted by atomic mass is 19.4. The highest BCUT2D eigenvalue weighted by Gasteiger charge is 2.31. The van der Waals surface area contributed by atoms with Crippen LogP contribution in [0.2, 0.25) is 0 Å². The summed E-state index contributed by atoms with van der Waals surface area (Å²) < 4.78 is 42.5. The fraction of sp³-hybridized carbons (Fsp3) is 0.0625. The van der Waals surface area contributed by atoms with Gasteiger partial charge in [-0.25, -0.2) is 0 Å². The van der Waals surface area contributed by atoms with Gasteiger partial charge in [-0.1, -0.05) is 48.0 Å². The van der Waals surface area contributed by atoms with Gasteiger partial charge in [0.2, 0.25) is 0 Å². The molecule has 5 aromatic carbocycles. The molecular formula is C32H21F3N2. The Balaban J connectivity index is 1.37. The lowest BCUT2D eigenvalue weighted by Crippen LogP contribution is -2.04. The molecule has 0 atom stereocenters. The number of nitrogens with zero attached hydrogens (tertiary/aromatic N) is 1. The lowest BCUT2D eigenvalue weighted by Gasteiger charge is -2.11. The lowest BCUT2D eigenvalue weighted by atomic mass is 10.0. The van der Waals surface area contributed by atoms with Gasteiger partial charge in [0.25, 0.3) is 0 Å². The Morgan fingerprint density at radius 1 is 0.595 bits per heavy atom. The van der Waals surface area contributed by atoms with Gasteiger partial charge in [-0.15, -0.1) is 0 Å². The minimum Gasteiger partial charge on any atom is -0.355 e. The number of benzene rings is 5. The van der Waals surface area contributed by atoms with Crippen molar-refractivity contribution < 1.29 is 13.2 Å². The topological polar surface area (TPSA) is 20.7 Å². The zero-order chi connectivity index (χ0) is 25.3. The lowest BCUT2D eigenvalue weighted by molar-refractivity contribution is -0.137. The molecule has 0 spiro atoms. The minimum atomic E-state index is -4.39. The van der Waals surface area contributed by atoms with Gasteiger partial charge in [-0.2, -0.15) is 13.2 Å². The quantitative estimate of drug-likeness (QED) is 0.249. The largest absolute Gasteiger partial charge is 0.416 e. The number of hydrogen-bond donors (Lipinski definition) is 1. The Kier molecular flexibility index (Phi) is 4.55. The fourth-order valence-corrected chi connectivity index (χ4v) is 5.42. The highest BCUT2D eigenvalue weighted by molar-refractivity contribution is 6.10. The number of halogens is 3. The summed E-state index contributed by atoms with van der Waals surface area (Å²) in [6, 6.07) is 32.8. The molecule has 0 fully saturated rings. The average molecular weight is 491 g/mol. The van der Waals surface area contributed by atoms with E-state index in [0.29, 0.717) is 5.39 Å². The molecule has 5 heteroatoms. The molecule has 1 N–H and O–H groups in total. The van der Waals surface area contributed by atoms with Crippen molar-refractivity contribution in [2.24, 2.45) is 0 Å². The van der Waals surface area contributed by atoms with Gasteiger partial charge in [-0.3, -0.25) is 0 Å². The van der Waals surface area contributed by atoms with E-state index in [1.54, 1.807) is 6.07 Å². The molecule has 0 aliphatic heterocycles. The van der Waals surface area contributed by atoms with Crippen molar-refractivity contribution in [1.29, 1.82) is 0 Å². The van der Waals surface area contributed by atoms with Gasteiger partial charge < -0.3 is 9.55 Å². The van der Waals surface area contributed by atoms with Crippen LogP contribution in [0, 0.1) is 6.92 Å². The normalized spacial score (nSPS) is 12.3. The monoisotopic (exact) mass is 490 g/mol. The summed E-state index contributed by atoms with van der Waals surface area (Å²) in [5.41, 5.74) is 7.30. The summed E-state index contributed by atoms with van der Waals surface area (Å²) in [5, 5.41) is 3.78. The Bertz CT molecular complexity index is 1970. The number of nitrogens with one attached hydrogen (secondary N) is 1. The van der Waals surface area contributed by atoms with Crippen molar-refractivity contribution >= 4 is 43.6 Å². The van der Waals surface area contributed by atoms with Crippen LogP contribution in [0.4, 0.5) is 13.2 Å². The van der Waals surface area contributed by atoms with Crippen molar-refractivity contribution in [3.8, 4) is 16.8 Å². The van der Waals surface area contributed by atoms with Gasteiger partial charge in [0.05, 0.1) is 16.6 Å². The summed E-state index contributed by atoms with van der Waals surface area (Å²) in [6.07, 6.45) is -4.39. The molecule has 0 amide bonds. The predicted octanol–water partition coefficient (Wildman–Crippen LogP) is 9.41. The minimum absolute atomic E-state index is 0.599. The van der Waals surface area contributed by atoms with Gasteiger partial charge in [0.15, 0.2) is 0 Å². The zero-order valence-electron chi connectivity index (χ0n) is 19.9. The first kappa shape index (κ1) is 21.7. The van der Waals surface area contributed by atoms with Crippen LogP contribution in [0.3, 0.4) is 0 Å². The van der Waals surface area contributed by atoms with E-state index in [-0.39, 0.29) is 0 Å². The van der Waals surface area contributed by atoms with E-state index in [4.69, 9.17) is 0 Å². The average Bonchev–Trinajstić information content (AvgIpc) is 3.43. The first-order valence-electron chi connectivity index (χ1n) is 12.1. The van der Waals surface area contributed by atoms with E-state index in [0.717, 1.165) is 55.9 Å². The molecular weight excluding hydrogens is 469 g/mol. The predicted molar refractivity (Wildman–Crippen MR) is 145 cm³/mol. The number of aryl methyl sites for hydroxylation is 1. The number of hydrogen-bond acceptors (Lipinski definition) is 0. The van der Waals surface area contributed by atoms with E-state index in [2.05, 4.69) is 47.4 Å². The maximum absolute atomic E-state index is 13.5. The van der Waals surface area contributed by atoms with Gasteiger partial charge in [0.1, 0.15) is 0 Å². The van der Waals surface area contributed by atoms with Gasteiger partial charge in [0, 0.05) is 38.3 Å². The van der Waals surface area contributed by atoms with Crippen LogP contribution in [0.5, 0.6) is 0 Å². The number of aromatic amines is 1. The summed E-state index contributed by atoms with van der Waals surface area (Å²) >= 11 is 0. The van der Waals surface area contributed by atoms with Crippen LogP contribution in [0.15, 0.2) is 103 Å². The molecule has 7 aromatic rings. The third-order valence-corrected chi connectivity index (χ3v) is 7.21. The third-order valence-electron chi connectivity index (χ3n) is 7.21. The first-order chi connectivity index (χ1) is 17.9. The van der Waals surface area contributed by atoms with Crippen molar-refractivity contribution in [2.45, 2.75) is 13.1 Å². The Morgan fingerprint density at radius 2 is 1.27 bits per heavy atom. The van der Waals surface area contributed by atoms with E-state index < -0.39 is 11.7 Å². The van der Waals surface area contributed by atoms with Crippen molar-refractivity contribution in [2.75, 3.05) is 0 Å². The van der Waals surface area contributed by atoms with Crippen LogP contribution in [0.25, 0.3) is 60.4 Å². The third kappa shape index (κ3) is 3.42. The van der Waals surface area contributed by atoms with Gasteiger partial charge in [-0.05, 0) is 78.7 Å². The van der Waals surface area contributed by atoms with E-state index in [1.165, 1.54) is 16.8 Å². The Morgan fingerprint density at radius 3 is 2.05 bits per heavy atom. The van der Waals surface area contributed by atoms with E-state index in [1.807, 2.05) is 54.0 Å². The van der Waals surface area contributed by atoms with Crippen LogP contribution in [0.1, 0.15) is 11.1 Å². The molecule has 2 heterocycles. The SMILES string of the molecule is Cc1ccc2c(c1)c1cc(C(F)(F)F)ccc1n2-c1ccc(-c2ccc3[nH]c4ccccc4c3c2)cc1. The summed E-state index contributed by atoms with van der Waals surface area (Å²) in [7, 11) is 0. The summed E-state index contributed by atoms with van der Waals surface area (Å²) in [4.78, 5) is 3.46. The molecule has 2 aromatic heterocycles. The smallest absolute Gasteiger partial charge is 0.355 e. The van der Waals surface area contributed by atoms with Crippen molar-refractivity contribution in [1.82, 2.24) is 9.55 Å². The number of para-hydroxylation sites is 1. The highest BCUT2D eigenvalue weighted by Crippen LogP contribution is 2.38. The van der Waals surface area contributed by atoms with Crippen molar-refractivity contribution in [3.05, 3.63) is 114 Å². The molecule has 2 nitrogen and oxygen atoms in total. The number of aromatic nitrogens is 2. The molecule has 0 bridgehead atoms. The molecule has 7 rings (SSSR count). The first-order valence-corrected chi connectivity index (χ1v) is 12.1. The molecule has 0 aliphatic carbocycles. The van der Waals surface area contributed by atoms with Crippen LogP contribution in [-0.2, 0) is 6.18 Å². The molecule has 0 radical (unpaired) electrons. The number of alkyl halides is 3. The molecule has 0 saturated carbocycles. The maximum atomic E-state index is 13.5. The summed E-state index contributed by atoms with van der Waals surface area (Å²) in [5.74, 6) is 0. The van der Waals surface area contributed by atoms with Crippen LogP contribution >= 0.6 is 0 Å². The van der Waals surface area contributed by atoms with E-state index >= 15 is 0 Å². The van der Waals surface area contributed by atoms with E-state index in [9.17, 15) is 13.2 Å². The summed E-state index contributed by atoms with van der Waals surface area (Å²) in [6.45, 7) is 1.95. The number of H-pyrrole nitrogens is 1. The van der Waals surface area contributed by atoms with Crippen molar-refractivity contribution in [3.63, 3.8) is 0 Å². The number of rotatable bonds is 2. The molecule has 0 unspecified atom stereocenters.